The van der Waals surface area contributed by atoms with Crippen molar-refractivity contribution in [2.45, 2.75) is 44.8 Å². The summed E-state index contributed by atoms with van der Waals surface area (Å²) in [7, 11) is 0. The van der Waals surface area contributed by atoms with Crippen LogP contribution in [0.5, 0.6) is 0 Å². The molecule has 0 spiro atoms. The zero-order valence-corrected chi connectivity index (χ0v) is 14.3. The van der Waals surface area contributed by atoms with Crippen molar-refractivity contribution >= 4 is 17.7 Å². The standard InChI is InChI=1S/C17H24FN3O3/c1-16(2,3)24-15(23)21-10-4-9-17(11-21,14(19)22)20-13-7-5-12(18)6-8-13/h5-8,20H,4,9-11H2,1-3H3,(H2,19,22). The van der Waals surface area contributed by atoms with Gasteiger partial charge >= 0.3 is 6.09 Å². The lowest BCUT2D eigenvalue weighted by molar-refractivity contribution is -0.123. The molecule has 6 nitrogen and oxygen atoms in total. The van der Waals surface area contributed by atoms with Crippen LogP contribution in [0.25, 0.3) is 0 Å². The Labute approximate surface area is 141 Å². The summed E-state index contributed by atoms with van der Waals surface area (Å²) in [6.45, 7) is 5.95. The smallest absolute Gasteiger partial charge is 0.410 e. The van der Waals surface area contributed by atoms with Crippen molar-refractivity contribution < 1.29 is 18.7 Å². The number of ether oxygens (including phenoxy) is 1. The van der Waals surface area contributed by atoms with Crippen LogP contribution in [0, 0.1) is 5.82 Å². The Balaban J connectivity index is 2.18. The van der Waals surface area contributed by atoms with Crippen LogP contribution in [0.15, 0.2) is 24.3 Å². The molecule has 1 aromatic carbocycles. The molecule has 132 valence electrons. The average molecular weight is 337 g/mol. The maximum absolute atomic E-state index is 13.1. The minimum atomic E-state index is -1.10. The van der Waals surface area contributed by atoms with E-state index in [1.165, 1.54) is 29.2 Å². The third-order valence-electron chi connectivity index (χ3n) is 3.84. The van der Waals surface area contributed by atoms with Crippen LogP contribution in [0.1, 0.15) is 33.6 Å². The van der Waals surface area contributed by atoms with E-state index in [0.717, 1.165) is 0 Å². The highest BCUT2D eigenvalue weighted by Crippen LogP contribution is 2.27. The lowest BCUT2D eigenvalue weighted by atomic mass is 9.88. The van der Waals surface area contributed by atoms with Gasteiger partial charge < -0.3 is 20.7 Å². The van der Waals surface area contributed by atoms with E-state index in [-0.39, 0.29) is 12.4 Å². The van der Waals surface area contributed by atoms with Crippen molar-refractivity contribution in [1.29, 1.82) is 0 Å². The molecule has 0 bridgehead atoms. The van der Waals surface area contributed by atoms with Crippen molar-refractivity contribution in [3.63, 3.8) is 0 Å². The number of halogens is 1. The van der Waals surface area contributed by atoms with Gasteiger partial charge in [-0.3, -0.25) is 4.79 Å². The van der Waals surface area contributed by atoms with Crippen LogP contribution in [0.3, 0.4) is 0 Å². The molecule has 1 fully saturated rings. The number of amides is 2. The summed E-state index contributed by atoms with van der Waals surface area (Å²) in [4.78, 5) is 25.9. The number of carbonyl (C=O) groups is 2. The second-order valence-electron chi connectivity index (χ2n) is 7.08. The topological polar surface area (TPSA) is 84.7 Å². The number of hydrogen-bond acceptors (Lipinski definition) is 4. The quantitative estimate of drug-likeness (QED) is 0.887. The molecule has 1 heterocycles. The molecule has 0 saturated carbocycles. The molecule has 3 N–H and O–H groups in total. The van der Waals surface area contributed by atoms with Gasteiger partial charge in [-0.25, -0.2) is 9.18 Å². The van der Waals surface area contributed by atoms with E-state index >= 15 is 0 Å². The molecule has 1 aliphatic rings. The average Bonchev–Trinajstić information content (AvgIpc) is 2.48. The van der Waals surface area contributed by atoms with Crippen molar-refractivity contribution in [1.82, 2.24) is 4.90 Å². The third-order valence-corrected chi connectivity index (χ3v) is 3.84. The van der Waals surface area contributed by atoms with Crippen LogP contribution in [0.4, 0.5) is 14.9 Å². The first kappa shape index (κ1) is 18.0. The fourth-order valence-electron chi connectivity index (χ4n) is 2.71. The normalized spacial score (nSPS) is 21.2. The van der Waals surface area contributed by atoms with Crippen LogP contribution < -0.4 is 11.1 Å². The summed E-state index contributed by atoms with van der Waals surface area (Å²) in [6.07, 6.45) is 0.615. The number of primary amides is 1. The van der Waals surface area contributed by atoms with Crippen LogP contribution in [-0.4, -0.2) is 41.1 Å². The maximum Gasteiger partial charge on any atom is 0.410 e. The first-order valence-corrected chi connectivity index (χ1v) is 7.93. The first-order chi connectivity index (χ1) is 11.1. The summed E-state index contributed by atoms with van der Waals surface area (Å²) in [5.74, 6) is -0.923. The Hall–Kier alpha value is -2.31. The van der Waals surface area contributed by atoms with Gasteiger partial charge in [0.05, 0.1) is 6.54 Å². The number of benzene rings is 1. The Morgan fingerprint density at radius 3 is 2.46 bits per heavy atom. The molecule has 2 amide bonds. The number of hydrogen-bond donors (Lipinski definition) is 2. The minimum absolute atomic E-state index is 0.106. The Morgan fingerprint density at radius 1 is 1.29 bits per heavy atom. The number of piperidine rings is 1. The van der Waals surface area contributed by atoms with Crippen molar-refractivity contribution in [3.8, 4) is 0 Å². The summed E-state index contributed by atoms with van der Waals surface area (Å²) >= 11 is 0. The van der Waals surface area contributed by atoms with E-state index in [9.17, 15) is 14.0 Å². The lowest BCUT2D eigenvalue weighted by Crippen LogP contribution is -2.61. The molecule has 24 heavy (non-hydrogen) atoms. The molecular formula is C17H24FN3O3. The molecule has 1 aliphatic heterocycles. The molecular weight excluding hydrogens is 313 g/mol. The number of nitrogens with one attached hydrogen (secondary N) is 1. The van der Waals surface area contributed by atoms with Gasteiger partial charge in [-0.1, -0.05) is 0 Å². The van der Waals surface area contributed by atoms with E-state index in [2.05, 4.69) is 5.32 Å². The number of carbonyl (C=O) groups excluding carboxylic acids is 2. The highest BCUT2D eigenvalue weighted by molar-refractivity contribution is 5.89. The number of nitrogens with two attached hydrogens (primary N) is 1. The Kier molecular flexibility index (Phi) is 5.01. The number of rotatable bonds is 3. The van der Waals surface area contributed by atoms with Gasteiger partial charge in [0.2, 0.25) is 5.91 Å². The summed E-state index contributed by atoms with van der Waals surface area (Å²) in [5.41, 5.74) is 4.46. The molecule has 2 rings (SSSR count). The van der Waals surface area contributed by atoms with E-state index < -0.39 is 23.1 Å². The molecule has 1 saturated heterocycles. The predicted molar refractivity (Wildman–Crippen MR) is 89.0 cm³/mol. The summed E-state index contributed by atoms with van der Waals surface area (Å²) < 4.78 is 18.4. The monoisotopic (exact) mass is 337 g/mol. The second kappa shape index (κ2) is 6.67. The SMILES string of the molecule is CC(C)(C)OC(=O)N1CCCC(Nc2ccc(F)cc2)(C(N)=O)C1. The summed E-state index contributed by atoms with van der Waals surface area (Å²) in [5, 5.41) is 3.08. The lowest BCUT2D eigenvalue weighted by Gasteiger charge is -2.41. The van der Waals surface area contributed by atoms with Crippen molar-refractivity contribution in [2.75, 3.05) is 18.4 Å². The fraction of sp³-hybridized carbons (Fsp3) is 0.529. The number of nitrogens with zero attached hydrogens (tertiary/aromatic N) is 1. The number of anilines is 1. The highest BCUT2D eigenvalue weighted by atomic mass is 19.1. The van der Waals surface area contributed by atoms with Gasteiger partial charge in [0, 0.05) is 12.2 Å². The predicted octanol–water partition coefficient (Wildman–Crippen LogP) is 2.49. The van der Waals surface area contributed by atoms with Gasteiger partial charge in [-0.05, 0) is 57.9 Å². The molecule has 1 atom stereocenters. The van der Waals surface area contributed by atoms with Crippen LogP contribution >= 0.6 is 0 Å². The minimum Gasteiger partial charge on any atom is -0.444 e. The van der Waals surface area contributed by atoms with E-state index in [4.69, 9.17) is 10.5 Å². The zero-order valence-electron chi connectivity index (χ0n) is 14.3. The van der Waals surface area contributed by atoms with Crippen molar-refractivity contribution in [3.05, 3.63) is 30.1 Å². The molecule has 0 aliphatic carbocycles. The molecule has 7 heteroatoms. The molecule has 0 aromatic heterocycles. The molecule has 1 unspecified atom stereocenters. The van der Waals surface area contributed by atoms with Gasteiger partial charge in [-0.2, -0.15) is 0 Å². The number of likely N-dealkylation sites (tertiary alicyclic amines) is 1. The van der Waals surface area contributed by atoms with Crippen molar-refractivity contribution in [2.24, 2.45) is 5.73 Å². The van der Waals surface area contributed by atoms with E-state index in [1.807, 2.05) is 0 Å². The van der Waals surface area contributed by atoms with Gasteiger partial charge in [0.15, 0.2) is 0 Å². The van der Waals surface area contributed by atoms with Gasteiger partial charge in [0.25, 0.3) is 0 Å². The largest absolute Gasteiger partial charge is 0.444 e. The van der Waals surface area contributed by atoms with Gasteiger partial charge in [-0.15, -0.1) is 0 Å². The second-order valence-corrected chi connectivity index (χ2v) is 7.08. The summed E-state index contributed by atoms with van der Waals surface area (Å²) in [6, 6.07) is 5.66. The highest BCUT2D eigenvalue weighted by Gasteiger charge is 2.43. The maximum atomic E-state index is 13.1. The Morgan fingerprint density at radius 2 is 1.92 bits per heavy atom. The van der Waals surface area contributed by atoms with Gasteiger partial charge in [0.1, 0.15) is 17.0 Å². The molecule has 0 radical (unpaired) electrons. The first-order valence-electron chi connectivity index (χ1n) is 7.93. The van der Waals surface area contributed by atoms with E-state index in [0.29, 0.717) is 25.1 Å². The van der Waals surface area contributed by atoms with Crippen LogP contribution in [0.2, 0.25) is 0 Å². The Bertz CT molecular complexity index is 613. The fourth-order valence-corrected chi connectivity index (χ4v) is 2.71. The zero-order chi connectivity index (χ0) is 18.0. The van der Waals surface area contributed by atoms with E-state index in [1.54, 1.807) is 20.8 Å². The third kappa shape index (κ3) is 4.37. The molecule has 1 aromatic rings. The van der Waals surface area contributed by atoms with Crippen LogP contribution in [-0.2, 0) is 9.53 Å².